The molecule has 6 nitrogen and oxygen atoms in total. The zero-order chi connectivity index (χ0) is 18.0. The largest absolute Gasteiger partial charge is 0.493 e. The van der Waals surface area contributed by atoms with Crippen LogP contribution in [-0.4, -0.2) is 44.5 Å². The van der Waals surface area contributed by atoms with Crippen LogP contribution in [0.25, 0.3) is 0 Å². The first-order chi connectivity index (χ1) is 12.7. The first-order valence-electron chi connectivity index (χ1n) is 9.74. The number of nitrogens with one attached hydrogen (secondary N) is 1. The summed E-state index contributed by atoms with van der Waals surface area (Å²) in [5, 5.41) is 3.49. The number of para-hydroxylation sites is 1. The molecule has 2 heterocycles. The SMILES string of the molecule is CCOC1CC(NC(N)=NC2CCOc3ccccc32)C12CCOCC2.I. The maximum Gasteiger partial charge on any atom is 0.189 e. The van der Waals surface area contributed by atoms with E-state index in [-0.39, 0.29) is 35.4 Å². The number of hydrogen-bond acceptors (Lipinski definition) is 4. The molecule has 3 unspecified atom stereocenters. The quantitative estimate of drug-likeness (QED) is 0.388. The number of hydrogen-bond donors (Lipinski definition) is 2. The van der Waals surface area contributed by atoms with Gasteiger partial charge in [0.25, 0.3) is 0 Å². The van der Waals surface area contributed by atoms with Crippen LogP contribution < -0.4 is 15.8 Å². The zero-order valence-corrected chi connectivity index (χ0v) is 18.2. The van der Waals surface area contributed by atoms with E-state index < -0.39 is 0 Å². The Bertz CT molecular complexity index is 664. The van der Waals surface area contributed by atoms with Crippen molar-refractivity contribution >= 4 is 29.9 Å². The van der Waals surface area contributed by atoms with E-state index in [2.05, 4.69) is 18.3 Å². The Balaban J connectivity index is 0.00000210. The van der Waals surface area contributed by atoms with Crippen molar-refractivity contribution in [2.45, 2.75) is 50.8 Å². The molecule has 7 heteroatoms. The maximum atomic E-state index is 6.31. The van der Waals surface area contributed by atoms with Gasteiger partial charge in [-0.05, 0) is 32.3 Å². The Morgan fingerprint density at radius 3 is 2.85 bits per heavy atom. The molecule has 0 radical (unpaired) electrons. The summed E-state index contributed by atoms with van der Waals surface area (Å²) in [4.78, 5) is 4.78. The molecule has 1 spiro atoms. The average Bonchev–Trinajstić information content (AvgIpc) is 2.68. The lowest BCUT2D eigenvalue weighted by Gasteiger charge is -2.57. The van der Waals surface area contributed by atoms with Crippen LogP contribution in [0.4, 0.5) is 0 Å². The van der Waals surface area contributed by atoms with Crippen molar-refractivity contribution < 1.29 is 14.2 Å². The molecule has 1 aromatic carbocycles. The first-order valence-corrected chi connectivity index (χ1v) is 9.74. The summed E-state index contributed by atoms with van der Waals surface area (Å²) in [5.74, 6) is 1.44. The highest BCUT2D eigenvalue weighted by molar-refractivity contribution is 14.0. The van der Waals surface area contributed by atoms with Crippen LogP contribution in [0.2, 0.25) is 0 Å². The molecule has 1 saturated carbocycles. The summed E-state index contributed by atoms with van der Waals surface area (Å²) in [6.07, 6.45) is 4.16. The molecule has 2 fully saturated rings. The van der Waals surface area contributed by atoms with E-state index in [1.54, 1.807) is 0 Å². The van der Waals surface area contributed by atoms with Crippen molar-refractivity contribution in [1.82, 2.24) is 5.32 Å². The van der Waals surface area contributed by atoms with E-state index in [1.165, 1.54) is 0 Å². The van der Waals surface area contributed by atoms with Crippen LogP contribution in [0.5, 0.6) is 5.75 Å². The van der Waals surface area contributed by atoms with Crippen LogP contribution in [-0.2, 0) is 9.47 Å². The smallest absolute Gasteiger partial charge is 0.189 e. The van der Waals surface area contributed by atoms with Crippen LogP contribution in [0.3, 0.4) is 0 Å². The highest BCUT2D eigenvalue weighted by Gasteiger charge is 2.56. The predicted octanol–water partition coefficient (Wildman–Crippen LogP) is 3.01. The van der Waals surface area contributed by atoms with Crippen molar-refractivity contribution in [3.05, 3.63) is 29.8 Å². The highest BCUT2D eigenvalue weighted by atomic mass is 127. The first kappa shape index (κ1) is 20.7. The minimum absolute atomic E-state index is 0. The van der Waals surface area contributed by atoms with Gasteiger partial charge in [-0.1, -0.05) is 18.2 Å². The Hall–Kier alpha value is -1.06. The van der Waals surface area contributed by atoms with Crippen LogP contribution in [0.15, 0.2) is 29.3 Å². The van der Waals surface area contributed by atoms with Gasteiger partial charge in [-0.3, -0.25) is 0 Å². The summed E-state index contributed by atoms with van der Waals surface area (Å²) in [5.41, 5.74) is 7.55. The molecule has 4 rings (SSSR count). The number of halogens is 1. The lowest BCUT2D eigenvalue weighted by molar-refractivity contribution is -0.169. The molecule has 150 valence electrons. The molecule has 1 saturated heterocycles. The number of rotatable bonds is 4. The van der Waals surface area contributed by atoms with E-state index in [4.69, 9.17) is 24.9 Å². The molecule has 0 aromatic heterocycles. The Kier molecular flexibility index (Phi) is 6.86. The van der Waals surface area contributed by atoms with E-state index in [1.807, 2.05) is 18.2 Å². The molecule has 0 bridgehead atoms. The number of guanidine groups is 1. The molecule has 3 N–H and O–H groups in total. The van der Waals surface area contributed by atoms with E-state index >= 15 is 0 Å². The normalized spacial score (nSPS) is 29.1. The van der Waals surface area contributed by atoms with Gasteiger partial charge in [0.1, 0.15) is 5.75 Å². The number of nitrogens with zero attached hydrogens (tertiary/aromatic N) is 1. The minimum atomic E-state index is 0. The number of aliphatic imine (C=N–C) groups is 1. The summed E-state index contributed by atoms with van der Waals surface area (Å²) < 4.78 is 17.3. The second kappa shape index (κ2) is 8.96. The molecule has 3 aliphatic rings. The highest BCUT2D eigenvalue weighted by Crippen LogP contribution is 2.50. The van der Waals surface area contributed by atoms with Crippen LogP contribution in [0.1, 0.15) is 44.2 Å². The molecule has 2 aliphatic heterocycles. The van der Waals surface area contributed by atoms with Gasteiger partial charge in [-0.2, -0.15) is 0 Å². The molecular formula is C20H30IN3O3. The van der Waals surface area contributed by atoms with E-state index in [0.717, 1.165) is 56.8 Å². The van der Waals surface area contributed by atoms with Crippen LogP contribution >= 0.6 is 24.0 Å². The summed E-state index contributed by atoms with van der Waals surface area (Å²) >= 11 is 0. The Morgan fingerprint density at radius 1 is 1.30 bits per heavy atom. The van der Waals surface area contributed by atoms with E-state index in [0.29, 0.717) is 24.7 Å². The van der Waals surface area contributed by atoms with Gasteiger partial charge in [0.15, 0.2) is 5.96 Å². The van der Waals surface area contributed by atoms with Crippen molar-refractivity contribution in [3.8, 4) is 5.75 Å². The van der Waals surface area contributed by atoms with Gasteiger partial charge in [-0.15, -0.1) is 24.0 Å². The Morgan fingerprint density at radius 2 is 2.07 bits per heavy atom. The molecular weight excluding hydrogens is 457 g/mol. The van der Waals surface area contributed by atoms with Gasteiger partial charge in [-0.25, -0.2) is 4.99 Å². The van der Waals surface area contributed by atoms with Crippen molar-refractivity contribution in [2.24, 2.45) is 16.1 Å². The maximum absolute atomic E-state index is 6.31. The molecule has 3 atom stereocenters. The van der Waals surface area contributed by atoms with Crippen LogP contribution in [0, 0.1) is 5.41 Å². The minimum Gasteiger partial charge on any atom is -0.493 e. The van der Waals surface area contributed by atoms with Gasteiger partial charge >= 0.3 is 0 Å². The standard InChI is InChI=1S/C20H29N3O3.HI/c1-2-25-18-13-17(20(18)8-11-24-12-9-20)23-19(21)22-15-7-10-26-16-6-4-3-5-14(15)16;/h3-6,15,17-18H,2,7-13H2,1H3,(H3,21,22,23);1H. The fourth-order valence-corrected chi connectivity index (χ4v) is 4.65. The molecule has 27 heavy (non-hydrogen) atoms. The van der Waals surface area contributed by atoms with Gasteiger partial charge in [0, 0.05) is 43.3 Å². The lowest BCUT2D eigenvalue weighted by Crippen LogP contribution is -2.67. The predicted molar refractivity (Wildman–Crippen MR) is 116 cm³/mol. The summed E-state index contributed by atoms with van der Waals surface area (Å²) in [7, 11) is 0. The second-order valence-corrected chi connectivity index (χ2v) is 7.43. The topological polar surface area (TPSA) is 78.1 Å². The fraction of sp³-hybridized carbons (Fsp3) is 0.650. The molecule has 1 aromatic rings. The van der Waals surface area contributed by atoms with Crippen molar-refractivity contribution in [3.63, 3.8) is 0 Å². The second-order valence-electron chi connectivity index (χ2n) is 7.43. The van der Waals surface area contributed by atoms with Gasteiger partial charge < -0.3 is 25.3 Å². The number of ether oxygens (including phenoxy) is 3. The molecule has 0 amide bonds. The third kappa shape index (κ3) is 4.05. The monoisotopic (exact) mass is 487 g/mol. The number of benzene rings is 1. The van der Waals surface area contributed by atoms with Gasteiger partial charge in [0.2, 0.25) is 0 Å². The van der Waals surface area contributed by atoms with Gasteiger partial charge in [0.05, 0.1) is 18.8 Å². The van der Waals surface area contributed by atoms with Crippen molar-refractivity contribution in [2.75, 3.05) is 26.4 Å². The Labute approximate surface area is 178 Å². The summed E-state index contributed by atoms with van der Waals surface area (Å²) in [6.45, 7) is 5.09. The number of fused-ring (bicyclic) bond motifs is 1. The third-order valence-corrected chi connectivity index (χ3v) is 6.12. The summed E-state index contributed by atoms with van der Waals surface area (Å²) in [6, 6.07) is 8.45. The van der Waals surface area contributed by atoms with E-state index in [9.17, 15) is 0 Å². The lowest BCUT2D eigenvalue weighted by atomic mass is 9.57. The molecule has 1 aliphatic carbocycles. The number of nitrogens with two attached hydrogens (primary N) is 1. The zero-order valence-electron chi connectivity index (χ0n) is 15.9. The average molecular weight is 487 g/mol. The fourth-order valence-electron chi connectivity index (χ4n) is 4.65. The third-order valence-electron chi connectivity index (χ3n) is 6.12. The van der Waals surface area contributed by atoms with Crippen molar-refractivity contribution in [1.29, 1.82) is 0 Å².